The Kier molecular flexibility index (Phi) is 4.26. The van der Waals surface area contributed by atoms with Crippen LogP contribution in [0.4, 0.5) is 0 Å². The maximum absolute atomic E-state index is 6.04. The van der Waals surface area contributed by atoms with E-state index in [0.29, 0.717) is 0 Å². The minimum Gasteiger partial charge on any atom is -0.497 e. The summed E-state index contributed by atoms with van der Waals surface area (Å²) in [5, 5.41) is 0. The Morgan fingerprint density at radius 2 is 2.22 bits per heavy atom. The lowest BCUT2D eigenvalue weighted by Crippen LogP contribution is -2.18. The Hall–Kier alpha value is -1.48. The van der Waals surface area contributed by atoms with Crippen LogP contribution < -0.4 is 15.2 Å². The first kappa shape index (κ1) is 13.0. The van der Waals surface area contributed by atoms with E-state index in [1.165, 1.54) is 6.42 Å². The summed E-state index contributed by atoms with van der Waals surface area (Å²) in [4.78, 5) is 0. The average molecular weight is 247 g/mol. The standard InChI is InChI=1S/C15H21NO2/c1-11(16)14-9-8-13(17-2)10-15(14)18-12-6-4-3-5-7-12/h4,6,8-12H,3,5,7,16H2,1-2H3. The molecule has 3 heteroatoms. The molecule has 2 atom stereocenters. The molecule has 2 rings (SSSR count). The fraction of sp³-hybridized carbons (Fsp3) is 0.467. The number of methoxy groups -OCH3 is 1. The van der Waals surface area contributed by atoms with Crippen LogP contribution in [0.1, 0.15) is 37.8 Å². The number of rotatable bonds is 4. The Bertz CT molecular complexity index is 427. The molecule has 18 heavy (non-hydrogen) atoms. The van der Waals surface area contributed by atoms with E-state index in [4.69, 9.17) is 15.2 Å². The topological polar surface area (TPSA) is 44.5 Å². The summed E-state index contributed by atoms with van der Waals surface area (Å²) in [7, 11) is 1.66. The van der Waals surface area contributed by atoms with E-state index in [2.05, 4.69) is 12.2 Å². The van der Waals surface area contributed by atoms with E-state index in [1.54, 1.807) is 7.11 Å². The van der Waals surface area contributed by atoms with E-state index < -0.39 is 0 Å². The quantitative estimate of drug-likeness (QED) is 0.831. The summed E-state index contributed by atoms with van der Waals surface area (Å²) >= 11 is 0. The smallest absolute Gasteiger partial charge is 0.128 e. The molecule has 2 N–H and O–H groups in total. The highest BCUT2D eigenvalue weighted by molar-refractivity contribution is 5.42. The molecule has 0 amide bonds. The SMILES string of the molecule is COc1ccc(C(C)N)c(OC2C=CCCC2)c1. The van der Waals surface area contributed by atoms with Gasteiger partial charge in [0, 0.05) is 17.7 Å². The molecule has 0 spiro atoms. The summed E-state index contributed by atoms with van der Waals surface area (Å²) in [6.07, 6.45) is 7.86. The molecule has 0 aromatic heterocycles. The highest BCUT2D eigenvalue weighted by Crippen LogP contribution is 2.30. The predicted octanol–water partition coefficient (Wildman–Crippen LogP) is 3.20. The first-order chi connectivity index (χ1) is 8.70. The van der Waals surface area contributed by atoms with Crippen molar-refractivity contribution in [3.05, 3.63) is 35.9 Å². The molecule has 0 radical (unpaired) electrons. The van der Waals surface area contributed by atoms with E-state index in [1.807, 2.05) is 25.1 Å². The van der Waals surface area contributed by atoms with Crippen molar-refractivity contribution in [3.8, 4) is 11.5 Å². The third-order valence-corrected chi connectivity index (χ3v) is 3.20. The van der Waals surface area contributed by atoms with Crippen LogP contribution in [0.5, 0.6) is 11.5 Å². The van der Waals surface area contributed by atoms with Gasteiger partial charge in [0.2, 0.25) is 0 Å². The van der Waals surface area contributed by atoms with Crippen molar-refractivity contribution < 1.29 is 9.47 Å². The second-order valence-electron chi connectivity index (χ2n) is 4.71. The van der Waals surface area contributed by atoms with Gasteiger partial charge in [-0.05, 0) is 38.3 Å². The lowest BCUT2D eigenvalue weighted by molar-refractivity contribution is 0.226. The van der Waals surface area contributed by atoms with Crippen LogP contribution in [0.25, 0.3) is 0 Å². The highest BCUT2D eigenvalue weighted by Gasteiger charge is 2.15. The molecule has 0 fully saturated rings. The van der Waals surface area contributed by atoms with Crippen LogP contribution in [0.3, 0.4) is 0 Å². The van der Waals surface area contributed by atoms with Gasteiger partial charge in [0.25, 0.3) is 0 Å². The largest absolute Gasteiger partial charge is 0.497 e. The van der Waals surface area contributed by atoms with E-state index >= 15 is 0 Å². The Morgan fingerprint density at radius 3 is 2.83 bits per heavy atom. The molecule has 98 valence electrons. The van der Waals surface area contributed by atoms with Crippen LogP contribution in [-0.4, -0.2) is 13.2 Å². The molecule has 0 saturated heterocycles. The zero-order valence-corrected chi connectivity index (χ0v) is 11.1. The average Bonchev–Trinajstić information content (AvgIpc) is 2.39. The van der Waals surface area contributed by atoms with Crippen LogP contribution >= 0.6 is 0 Å². The monoisotopic (exact) mass is 247 g/mol. The van der Waals surface area contributed by atoms with Gasteiger partial charge >= 0.3 is 0 Å². The minimum absolute atomic E-state index is 0.0431. The van der Waals surface area contributed by atoms with Crippen molar-refractivity contribution in [2.24, 2.45) is 5.73 Å². The van der Waals surface area contributed by atoms with E-state index in [9.17, 15) is 0 Å². The van der Waals surface area contributed by atoms with Crippen molar-refractivity contribution in [2.75, 3.05) is 7.11 Å². The molecular weight excluding hydrogens is 226 g/mol. The fourth-order valence-corrected chi connectivity index (χ4v) is 2.16. The lowest BCUT2D eigenvalue weighted by Gasteiger charge is -2.22. The molecular formula is C15H21NO2. The number of benzene rings is 1. The van der Waals surface area contributed by atoms with Crippen molar-refractivity contribution >= 4 is 0 Å². The minimum atomic E-state index is -0.0431. The second kappa shape index (κ2) is 5.91. The molecule has 2 unspecified atom stereocenters. The van der Waals surface area contributed by atoms with Gasteiger partial charge in [-0.2, -0.15) is 0 Å². The predicted molar refractivity (Wildman–Crippen MR) is 73.0 cm³/mol. The van der Waals surface area contributed by atoms with Gasteiger partial charge in [0.05, 0.1) is 7.11 Å². The van der Waals surface area contributed by atoms with Crippen LogP contribution in [0.15, 0.2) is 30.4 Å². The highest BCUT2D eigenvalue weighted by atomic mass is 16.5. The maximum atomic E-state index is 6.04. The summed E-state index contributed by atoms with van der Waals surface area (Å²) in [5.74, 6) is 1.63. The van der Waals surface area contributed by atoms with Gasteiger partial charge < -0.3 is 15.2 Å². The zero-order valence-electron chi connectivity index (χ0n) is 11.1. The van der Waals surface area contributed by atoms with Gasteiger partial charge in [-0.1, -0.05) is 12.1 Å². The molecule has 0 bridgehead atoms. The molecule has 1 aromatic rings. The summed E-state index contributed by atoms with van der Waals surface area (Å²) < 4.78 is 11.3. The number of ether oxygens (including phenoxy) is 2. The summed E-state index contributed by atoms with van der Waals surface area (Å²) in [6.45, 7) is 1.96. The third-order valence-electron chi connectivity index (χ3n) is 3.20. The summed E-state index contributed by atoms with van der Waals surface area (Å²) in [6, 6.07) is 5.77. The van der Waals surface area contributed by atoms with Gasteiger partial charge in [-0.15, -0.1) is 0 Å². The van der Waals surface area contributed by atoms with E-state index in [-0.39, 0.29) is 12.1 Å². The zero-order chi connectivity index (χ0) is 13.0. The Labute approximate surface area is 109 Å². The van der Waals surface area contributed by atoms with Crippen molar-refractivity contribution in [1.29, 1.82) is 0 Å². The van der Waals surface area contributed by atoms with Crippen LogP contribution in [0, 0.1) is 0 Å². The molecule has 0 saturated carbocycles. The van der Waals surface area contributed by atoms with Gasteiger partial charge in [-0.25, -0.2) is 0 Å². The number of allylic oxidation sites excluding steroid dienone is 1. The van der Waals surface area contributed by atoms with Crippen molar-refractivity contribution in [2.45, 2.75) is 38.3 Å². The third kappa shape index (κ3) is 3.05. The normalized spacial score (nSPS) is 20.5. The maximum Gasteiger partial charge on any atom is 0.128 e. The van der Waals surface area contributed by atoms with Crippen LogP contribution in [-0.2, 0) is 0 Å². The number of hydrogen-bond donors (Lipinski definition) is 1. The summed E-state index contributed by atoms with van der Waals surface area (Å²) in [5.41, 5.74) is 7.00. The molecule has 3 nitrogen and oxygen atoms in total. The first-order valence-corrected chi connectivity index (χ1v) is 6.47. The fourth-order valence-electron chi connectivity index (χ4n) is 2.16. The molecule has 1 aliphatic carbocycles. The number of hydrogen-bond acceptors (Lipinski definition) is 3. The second-order valence-corrected chi connectivity index (χ2v) is 4.71. The van der Waals surface area contributed by atoms with Crippen LogP contribution in [0.2, 0.25) is 0 Å². The Morgan fingerprint density at radius 1 is 1.39 bits per heavy atom. The Balaban J connectivity index is 2.22. The molecule has 0 heterocycles. The lowest BCUT2D eigenvalue weighted by atomic mass is 10.0. The van der Waals surface area contributed by atoms with E-state index in [0.717, 1.165) is 29.9 Å². The van der Waals surface area contributed by atoms with Crippen molar-refractivity contribution in [1.82, 2.24) is 0 Å². The molecule has 1 aromatic carbocycles. The van der Waals surface area contributed by atoms with Gasteiger partial charge in [0.15, 0.2) is 0 Å². The molecule has 0 aliphatic heterocycles. The first-order valence-electron chi connectivity index (χ1n) is 6.47. The number of nitrogens with two attached hydrogens (primary N) is 1. The van der Waals surface area contributed by atoms with Crippen molar-refractivity contribution in [3.63, 3.8) is 0 Å². The molecule has 1 aliphatic rings. The van der Waals surface area contributed by atoms with Gasteiger partial charge in [-0.3, -0.25) is 0 Å². The van der Waals surface area contributed by atoms with Gasteiger partial charge in [0.1, 0.15) is 17.6 Å².